The van der Waals surface area contributed by atoms with Crippen LogP contribution in [0.5, 0.6) is 0 Å². The van der Waals surface area contributed by atoms with Crippen LogP contribution >= 0.6 is 0 Å². The number of nitrogens with one attached hydrogen (secondary N) is 1. The van der Waals surface area contributed by atoms with Crippen LogP contribution in [0, 0.1) is 12.7 Å². The average Bonchev–Trinajstić information content (AvgIpc) is 2.97. The van der Waals surface area contributed by atoms with Gasteiger partial charge in [0.1, 0.15) is 5.82 Å². The van der Waals surface area contributed by atoms with Crippen LogP contribution in [0.1, 0.15) is 24.3 Å². The lowest BCUT2D eigenvalue weighted by Gasteiger charge is -2.01. The Morgan fingerprint density at radius 2 is 2.27 bits per heavy atom. The summed E-state index contributed by atoms with van der Waals surface area (Å²) in [6.45, 7) is 2.16. The number of nitrogens with zero attached hydrogens (tertiary/aromatic N) is 2. The van der Waals surface area contributed by atoms with Gasteiger partial charge in [-0.25, -0.2) is 4.39 Å². The molecule has 1 aromatic carbocycles. The highest BCUT2D eigenvalue weighted by atomic mass is 19.1. The second-order valence-electron chi connectivity index (χ2n) is 4.90. The molecule has 0 aliphatic heterocycles. The zero-order valence-corrected chi connectivity index (χ0v) is 12.3. The van der Waals surface area contributed by atoms with Gasteiger partial charge in [0.25, 0.3) is 0 Å². The molecule has 6 nitrogen and oxygen atoms in total. The molecule has 0 saturated carbocycles. The number of carbonyl (C=O) groups is 1. The Balaban J connectivity index is 1.91. The quantitative estimate of drug-likeness (QED) is 0.759. The Labute approximate surface area is 127 Å². The number of aliphatic hydroxyl groups excluding tert-OH is 1. The molecule has 2 rings (SSSR count). The van der Waals surface area contributed by atoms with Crippen molar-refractivity contribution in [3.63, 3.8) is 0 Å². The van der Waals surface area contributed by atoms with Crippen molar-refractivity contribution in [3.05, 3.63) is 35.5 Å². The normalized spacial score (nSPS) is 10.7. The second-order valence-corrected chi connectivity index (χ2v) is 4.90. The molecule has 2 aromatic rings. The maximum Gasteiger partial charge on any atom is 0.227 e. The van der Waals surface area contributed by atoms with Crippen LogP contribution < -0.4 is 5.32 Å². The third-order valence-corrected chi connectivity index (χ3v) is 3.12. The van der Waals surface area contributed by atoms with Crippen LogP contribution in [-0.4, -0.2) is 34.3 Å². The van der Waals surface area contributed by atoms with Crippen molar-refractivity contribution in [2.45, 2.75) is 26.2 Å². The van der Waals surface area contributed by atoms with Gasteiger partial charge in [-0.05, 0) is 25.0 Å². The van der Waals surface area contributed by atoms with E-state index in [4.69, 9.17) is 9.63 Å². The minimum atomic E-state index is -0.327. The van der Waals surface area contributed by atoms with Gasteiger partial charge in [0.2, 0.25) is 17.6 Å². The van der Waals surface area contributed by atoms with Gasteiger partial charge in [-0.2, -0.15) is 4.98 Å². The van der Waals surface area contributed by atoms with E-state index < -0.39 is 0 Å². The summed E-state index contributed by atoms with van der Waals surface area (Å²) in [5.41, 5.74) is 1.08. The Hall–Kier alpha value is -2.28. The number of benzene rings is 1. The molecule has 0 spiro atoms. The van der Waals surface area contributed by atoms with Crippen molar-refractivity contribution >= 4 is 5.91 Å². The maximum atomic E-state index is 13.5. The lowest BCUT2D eigenvalue weighted by Crippen LogP contribution is -2.25. The topological polar surface area (TPSA) is 88.2 Å². The van der Waals surface area contributed by atoms with Crippen molar-refractivity contribution in [1.29, 1.82) is 0 Å². The van der Waals surface area contributed by atoms with Gasteiger partial charge >= 0.3 is 0 Å². The van der Waals surface area contributed by atoms with Crippen molar-refractivity contribution in [2.75, 3.05) is 13.2 Å². The number of rotatable bonds is 7. The number of hydrogen-bond acceptors (Lipinski definition) is 5. The first kappa shape index (κ1) is 16.1. The number of amides is 1. The van der Waals surface area contributed by atoms with Crippen molar-refractivity contribution < 1.29 is 18.8 Å². The summed E-state index contributed by atoms with van der Waals surface area (Å²) in [5, 5.41) is 15.1. The molecular weight excluding hydrogens is 289 g/mol. The van der Waals surface area contributed by atoms with Crippen LogP contribution in [0.3, 0.4) is 0 Å². The summed E-state index contributed by atoms with van der Waals surface area (Å²) in [4.78, 5) is 15.7. The van der Waals surface area contributed by atoms with Gasteiger partial charge in [-0.15, -0.1) is 0 Å². The number of aliphatic hydroxyl groups is 1. The molecule has 2 N–H and O–H groups in total. The summed E-state index contributed by atoms with van der Waals surface area (Å²) >= 11 is 0. The van der Waals surface area contributed by atoms with Crippen LogP contribution in [0.15, 0.2) is 22.7 Å². The predicted molar refractivity (Wildman–Crippen MR) is 77.5 cm³/mol. The highest BCUT2D eigenvalue weighted by Gasteiger charge is 2.11. The van der Waals surface area contributed by atoms with Crippen LogP contribution in [0.25, 0.3) is 11.4 Å². The molecule has 0 fully saturated rings. The first-order valence-corrected chi connectivity index (χ1v) is 7.07. The van der Waals surface area contributed by atoms with Crippen molar-refractivity contribution in [3.8, 4) is 11.4 Å². The number of halogens is 1. The van der Waals surface area contributed by atoms with E-state index in [-0.39, 0.29) is 24.8 Å². The summed E-state index contributed by atoms with van der Waals surface area (Å²) < 4.78 is 18.6. The maximum absolute atomic E-state index is 13.5. The summed E-state index contributed by atoms with van der Waals surface area (Å²) in [6.07, 6.45) is 1.05. The third kappa shape index (κ3) is 4.36. The van der Waals surface area contributed by atoms with Gasteiger partial charge in [0, 0.05) is 31.6 Å². The van der Waals surface area contributed by atoms with Crippen LogP contribution in [0.2, 0.25) is 0 Å². The highest BCUT2D eigenvalue weighted by Crippen LogP contribution is 2.19. The molecule has 0 aliphatic carbocycles. The van der Waals surface area contributed by atoms with E-state index in [9.17, 15) is 9.18 Å². The molecule has 0 aliphatic rings. The molecule has 0 bridgehead atoms. The first-order valence-electron chi connectivity index (χ1n) is 7.07. The average molecular weight is 307 g/mol. The predicted octanol–water partition coefficient (Wildman–Crippen LogP) is 1.62. The van der Waals surface area contributed by atoms with Crippen molar-refractivity contribution in [2.24, 2.45) is 0 Å². The molecule has 118 valence electrons. The summed E-state index contributed by atoms with van der Waals surface area (Å²) in [5.74, 6) is 0.157. The number of hydrogen-bond donors (Lipinski definition) is 2. The van der Waals surface area contributed by atoms with Crippen LogP contribution in [-0.2, 0) is 11.2 Å². The van der Waals surface area contributed by atoms with Gasteiger partial charge in [-0.1, -0.05) is 17.3 Å². The van der Waals surface area contributed by atoms with E-state index in [0.29, 0.717) is 42.2 Å². The number of aryl methyl sites for hydroxylation is 2. The third-order valence-electron chi connectivity index (χ3n) is 3.12. The Bertz CT molecular complexity index is 643. The monoisotopic (exact) mass is 307 g/mol. The van der Waals surface area contributed by atoms with Gasteiger partial charge in [-0.3, -0.25) is 4.79 Å². The first-order chi connectivity index (χ1) is 10.6. The largest absolute Gasteiger partial charge is 0.396 e. The molecule has 1 aromatic heterocycles. The standard InChI is InChI=1S/C15H18FN3O3/c1-10-3-4-11(9-12(10)16)15-18-14(22-19-15)6-5-13(21)17-7-2-8-20/h3-4,9,20H,2,5-8H2,1H3,(H,17,21). The fourth-order valence-electron chi connectivity index (χ4n) is 1.82. The van der Waals surface area contributed by atoms with E-state index in [2.05, 4.69) is 15.5 Å². The molecule has 0 radical (unpaired) electrons. The molecule has 7 heteroatoms. The second kappa shape index (κ2) is 7.65. The molecular formula is C15H18FN3O3. The summed E-state index contributed by atoms with van der Waals surface area (Å²) in [6, 6.07) is 4.72. The fraction of sp³-hybridized carbons (Fsp3) is 0.400. The number of aromatic nitrogens is 2. The highest BCUT2D eigenvalue weighted by molar-refractivity contribution is 5.75. The molecule has 1 heterocycles. The number of carbonyl (C=O) groups excluding carboxylic acids is 1. The SMILES string of the molecule is Cc1ccc(-c2noc(CCC(=O)NCCCO)n2)cc1F. The Morgan fingerprint density at radius 3 is 3.00 bits per heavy atom. The molecule has 22 heavy (non-hydrogen) atoms. The molecule has 0 saturated heterocycles. The van der Waals surface area contributed by atoms with E-state index in [1.54, 1.807) is 19.1 Å². The van der Waals surface area contributed by atoms with E-state index in [1.807, 2.05) is 0 Å². The van der Waals surface area contributed by atoms with Crippen LogP contribution in [0.4, 0.5) is 4.39 Å². The lowest BCUT2D eigenvalue weighted by molar-refractivity contribution is -0.121. The Morgan fingerprint density at radius 1 is 1.45 bits per heavy atom. The van der Waals surface area contributed by atoms with Gasteiger partial charge in [0.15, 0.2) is 0 Å². The Kier molecular flexibility index (Phi) is 5.60. The van der Waals surface area contributed by atoms with Gasteiger partial charge < -0.3 is 14.9 Å². The minimum Gasteiger partial charge on any atom is -0.396 e. The summed E-state index contributed by atoms with van der Waals surface area (Å²) in [7, 11) is 0. The van der Waals surface area contributed by atoms with Gasteiger partial charge in [0.05, 0.1) is 0 Å². The molecule has 0 unspecified atom stereocenters. The zero-order valence-electron chi connectivity index (χ0n) is 12.3. The molecule has 1 amide bonds. The smallest absolute Gasteiger partial charge is 0.227 e. The minimum absolute atomic E-state index is 0.0421. The van der Waals surface area contributed by atoms with E-state index in [1.165, 1.54) is 6.07 Å². The lowest BCUT2D eigenvalue weighted by atomic mass is 10.1. The van der Waals surface area contributed by atoms with E-state index >= 15 is 0 Å². The van der Waals surface area contributed by atoms with E-state index in [0.717, 1.165) is 0 Å². The van der Waals surface area contributed by atoms with Crippen molar-refractivity contribution in [1.82, 2.24) is 15.5 Å². The fourth-order valence-corrected chi connectivity index (χ4v) is 1.82. The molecule has 0 atom stereocenters. The zero-order chi connectivity index (χ0) is 15.9.